The number of hydrogen-bond donors (Lipinski definition) is 0. The fourth-order valence-electron chi connectivity index (χ4n) is 6.04. The van der Waals surface area contributed by atoms with Crippen LogP contribution in [0.4, 0.5) is 4.79 Å². The van der Waals surface area contributed by atoms with Gasteiger partial charge in [-0.05, 0) is 65.2 Å². The number of carbonyl (C=O) groups is 2. The Hall–Kier alpha value is -3.05. The Morgan fingerprint density at radius 2 is 1.93 bits per heavy atom. The van der Waals surface area contributed by atoms with Gasteiger partial charge >= 0.3 is 6.09 Å². The van der Waals surface area contributed by atoms with E-state index in [-0.39, 0.29) is 12.3 Å². The van der Waals surface area contributed by atoms with Gasteiger partial charge in [-0.15, -0.1) is 0 Å². The first-order valence-electron chi connectivity index (χ1n) is 13.4. The van der Waals surface area contributed by atoms with Gasteiger partial charge in [0, 0.05) is 24.8 Å². The normalized spacial score (nSPS) is 27.5. The van der Waals surface area contributed by atoms with Crippen molar-refractivity contribution in [3.8, 4) is 0 Å². The van der Waals surface area contributed by atoms with Crippen molar-refractivity contribution in [2.45, 2.75) is 89.9 Å². The summed E-state index contributed by atoms with van der Waals surface area (Å²) in [5.74, 6) is -1.18. The molecule has 2 fully saturated rings. The lowest BCUT2D eigenvalue weighted by molar-refractivity contribution is -0.203. The van der Waals surface area contributed by atoms with E-state index in [0.717, 1.165) is 11.1 Å². The maximum atomic E-state index is 14.4. The van der Waals surface area contributed by atoms with Crippen LogP contribution in [0, 0.1) is 0 Å². The largest absolute Gasteiger partial charge is 0.444 e. The second-order valence-electron chi connectivity index (χ2n) is 12.2. The van der Waals surface area contributed by atoms with Gasteiger partial charge in [0.25, 0.3) is 0 Å². The summed E-state index contributed by atoms with van der Waals surface area (Å²) in [4.78, 5) is 37.4. The number of halogens is 1. The zero-order valence-electron chi connectivity index (χ0n) is 23.4. The Bertz CT molecular complexity index is 1510. The van der Waals surface area contributed by atoms with E-state index < -0.39 is 41.5 Å². The molecule has 6 rings (SSSR count). The average molecular weight is 569 g/mol. The molecule has 0 aliphatic carbocycles. The number of carbonyl (C=O) groups excluding carboxylic acids is 2. The summed E-state index contributed by atoms with van der Waals surface area (Å²) < 4.78 is 26.7. The Morgan fingerprint density at radius 1 is 1.15 bits per heavy atom. The minimum absolute atomic E-state index is 0.233. The minimum atomic E-state index is -1.10. The third-order valence-corrected chi connectivity index (χ3v) is 7.96. The van der Waals surface area contributed by atoms with Crippen molar-refractivity contribution in [3.05, 3.63) is 58.6 Å². The molecular formula is C29H33ClN4O6. The predicted octanol–water partition coefficient (Wildman–Crippen LogP) is 5.07. The van der Waals surface area contributed by atoms with Crippen LogP contribution in [-0.2, 0) is 31.9 Å². The first-order valence-corrected chi connectivity index (χ1v) is 13.8. The fraction of sp³-hybridized carbons (Fsp3) is 0.517. The lowest BCUT2D eigenvalue weighted by Crippen LogP contribution is -2.48. The number of nitrogens with zero attached hydrogens (tertiary/aromatic N) is 4. The summed E-state index contributed by atoms with van der Waals surface area (Å²) >= 11 is 6.30. The van der Waals surface area contributed by atoms with Gasteiger partial charge in [-0.25, -0.2) is 14.8 Å². The molecule has 3 aliphatic rings. The Balaban J connectivity index is 1.36. The van der Waals surface area contributed by atoms with E-state index in [1.54, 1.807) is 17.2 Å². The summed E-state index contributed by atoms with van der Waals surface area (Å²) in [5.41, 5.74) is 1.16. The molecule has 0 radical (unpaired) electrons. The molecule has 3 aliphatic heterocycles. The molecule has 0 bridgehead atoms. The van der Waals surface area contributed by atoms with E-state index in [0.29, 0.717) is 34.7 Å². The molecule has 10 nitrogen and oxygen atoms in total. The molecule has 1 amide bonds. The summed E-state index contributed by atoms with van der Waals surface area (Å²) in [6.07, 6.45) is 1.11. The third kappa shape index (κ3) is 4.47. The smallest absolute Gasteiger partial charge is 0.410 e. The second-order valence-corrected chi connectivity index (χ2v) is 12.6. The first kappa shape index (κ1) is 27.1. The van der Waals surface area contributed by atoms with Gasteiger partial charge in [-0.3, -0.25) is 4.79 Å². The summed E-state index contributed by atoms with van der Waals surface area (Å²) in [6, 6.07) is 7.46. The van der Waals surface area contributed by atoms with E-state index in [4.69, 9.17) is 30.5 Å². The third-order valence-electron chi connectivity index (χ3n) is 7.66. The lowest BCUT2D eigenvalue weighted by atomic mass is 9.85. The maximum absolute atomic E-state index is 14.4. The summed E-state index contributed by atoms with van der Waals surface area (Å²) in [5, 5.41) is 0.994. The highest BCUT2D eigenvalue weighted by molar-refractivity contribution is 6.33. The van der Waals surface area contributed by atoms with Crippen LogP contribution in [0.2, 0.25) is 5.15 Å². The highest BCUT2D eigenvalue weighted by Crippen LogP contribution is 2.51. The van der Waals surface area contributed by atoms with Crippen molar-refractivity contribution < 1.29 is 28.5 Å². The van der Waals surface area contributed by atoms with E-state index in [9.17, 15) is 9.59 Å². The number of aromatic nitrogens is 3. The van der Waals surface area contributed by atoms with Gasteiger partial charge in [-0.2, -0.15) is 0 Å². The second kappa shape index (κ2) is 9.24. The highest BCUT2D eigenvalue weighted by atomic mass is 35.5. The number of Topliss-reactive ketones (excluding diaryl/α,β-unsaturated/α-hetero) is 1. The standard InChI is InChI=1S/C29H33ClN4O6/c1-27(2,3)39-26(36)33-12-10-16-8-7-9-17(19(16)14-33)20(35)21-29(6)22(38-28(4,5)40-29)25(37-21)34-13-11-18-23(30)31-15-32-24(18)34/h7-9,11,13,15,21-22,25H,10,12,14H2,1-6H3/t21-,22+,25-,29-/m1/s1. The molecule has 4 atom stereocenters. The van der Waals surface area contributed by atoms with Gasteiger partial charge < -0.3 is 28.4 Å². The molecule has 40 heavy (non-hydrogen) atoms. The zero-order chi connectivity index (χ0) is 28.6. The lowest BCUT2D eigenvalue weighted by Gasteiger charge is -2.33. The van der Waals surface area contributed by atoms with Crippen LogP contribution in [0.1, 0.15) is 69.3 Å². The highest BCUT2D eigenvalue weighted by Gasteiger charge is 2.66. The monoisotopic (exact) mass is 568 g/mol. The van der Waals surface area contributed by atoms with Crippen LogP contribution in [0.5, 0.6) is 0 Å². The van der Waals surface area contributed by atoms with Crippen molar-refractivity contribution in [1.82, 2.24) is 19.4 Å². The van der Waals surface area contributed by atoms with Gasteiger partial charge in [-0.1, -0.05) is 29.8 Å². The number of amides is 1. The van der Waals surface area contributed by atoms with Crippen LogP contribution < -0.4 is 0 Å². The van der Waals surface area contributed by atoms with Crippen molar-refractivity contribution in [2.75, 3.05) is 6.54 Å². The SMILES string of the molecule is CC(C)(C)OC(=O)N1CCc2cccc(C(=O)[C@H]3O[C@@H](n4ccc5c(Cl)ncnc54)[C@@H]4OC(C)(C)O[C@]34C)c2C1. The molecule has 0 spiro atoms. The number of ether oxygens (including phenoxy) is 4. The molecule has 11 heteroatoms. The predicted molar refractivity (Wildman–Crippen MR) is 146 cm³/mol. The fourth-order valence-corrected chi connectivity index (χ4v) is 6.23. The molecule has 0 N–H and O–H groups in total. The molecule has 2 aromatic heterocycles. The van der Waals surface area contributed by atoms with Crippen LogP contribution in [-0.4, -0.2) is 67.1 Å². The Kier molecular flexibility index (Phi) is 6.27. The van der Waals surface area contributed by atoms with Crippen molar-refractivity contribution in [3.63, 3.8) is 0 Å². The molecule has 2 saturated heterocycles. The quantitative estimate of drug-likeness (QED) is 0.319. The number of ketones is 1. The van der Waals surface area contributed by atoms with E-state index >= 15 is 0 Å². The molecule has 1 aromatic carbocycles. The van der Waals surface area contributed by atoms with Crippen LogP contribution >= 0.6 is 11.6 Å². The maximum Gasteiger partial charge on any atom is 0.410 e. The van der Waals surface area contributed by atoms with Crippen molar-refractivity contribution >= 4 is 34.5 Å². The van der Waals surface area contributed by atoms with E-state index in [1.807, 2.05) is 64.3 Å². The Morgan fingerprint density at radius 3 is 2.67 bits per heavy atom. The van der Waals surface area contributed by atoms with Crippen molar-refractivity contribution in [1.29, 1.82) is 0 Å². The molecule has 5 heterocycles. The van der Waals surface area contributed by atoms with Crippen molar-refractivity contribution in [2.24, 2.45) is 0 Å². The molecule has 0 unspecified atom stereocenters. The first-order chi connectivity index (χ1) is 18.8. The summed E-state index contributed by atoms with van der Waals surface area (Å²) in [7, 11) is 0. The minimum Gasteiger partial charge on any atom is -0.444 e. The molecule has 212 valence electrons. The Labute approximate surface area is 237 Å². The molecular weight excluding hydrogens is 536 g/mol. The topological polar surface area (TPSA) is 105 Å². The summed E-state index contributed by atoms with van der Waals surface area (Å²) in [6.45, 7) is 11.8. The van der Waals surface area contributed by atoms with Crippen LogP contribution in [0.3, 0.4) is 0 Å². The molecule has 0 saturated carbocycles. The van der Waals surface area contributed by atoms with E-state index in [1.165, 1.54) is 6.33 Å². The van der Waals surface area contributed by atoms with Gasteiger partial charge in [0.05, 0.1) is 5.39 Å². The number of rotatable bonds is 3. The van der Waals surface area contributed by atoms with Crippen LogP contribution in [0.25, 0.3) is 11.0 Å². The number of hydrogen-bond acceptors (Lipinski definition) is 8. The van der Waals surface area contributed by atoms with Gasteiger partial charge in [0.1, 0.15) is 34.4 Å². The number of benzene rings is 1. The van der Waals surface area contributed by atoms with Gasteiger partial charge in [0.15, 0.2) is 23.9 Å². The average Bonchev–Trinajstić information content (AvgIpc) is 3.49. The van der Waals surface area contributed by atoms with Gasteiger partial charge in [0.2, 0.25) is 0 Å². The van der Waals surface area contributed by atoms with E-state index in [2.05, 4.69) is 9.97 Å². The zero-order valence-corrected chi connectivity index (χ0v) is 24.2. The molecule has 3 aromatic rings. The number of fused-ring (bicyclic) bond motifs is 3. The van der Waals surface area contributed by atoms with Crippen LogP contribution in [0.15, 0.2) is 36.8 Å².